The maximum Gasteiger partial charge on any atom is 0.251 e. The van der Waals surface area contributed by atoms with Gasteiger partial charge < -0.3 is 5.32 Å². The zero-order valence-electron chi connectivity index (χ0n) is 13.7. The maximum atomic E-state index is 12.6. The fraction of sp³-hybridized carbons (Fsp3) is 0.381. The first kappa shape index (κ1) is 15.8. The maximum absolute atomic E-state index is 12.6. The van der Waals surface area contributed by atoms with Crippen molar-refractivity contribution in [2.45, 2.75) is 38.6 Å². The highest BCUT2D eigenvalue weighted by Crippen LogP contribution is 2.50. The molecule has 2 heteroatoms. The molecule has 0 heterocycles. The quantitative estimate of drug-likeness (QED) is 0.767. The van der Waals surface area contributed by atoms with Gasteiger partial charge in [0.25, 0.3) is 5.91 Å². The van der Waals surface area contributed by atoms with Gasteiger partial charge in [-0.05, 0) is 36.0 Å². The van der Waals surface area contributed by atoms with Gasteiger partial charge in [-0.25, -0.2) is 0 Å². The Morgan fingerprint density at radius 3 is 2.39 bits per heavy atom. The molecular formula is C21H25NO. The molecule has 0 aromatic heterocycles. The second kappa shape index (κ2) is 7.45. The van der Waals surface area contributed by atoms with E-state index in [1.54, 1.807) is 0 Å². The molecule has 1 N–H and O–H groups in total. The van der Waals surface area contributed by atoms with Crippen LogP contribution in [0.2, 0.25) is 0 Å². The minimum absolute atomic E-state index is 0.0283. The predicted octanol–water partition coefficient (Wildman–Crippen LogP) is 4.98. The van der Waals surface area contributed by atoms with Crippen LogP contribution in [0.5, 0.6) is 0 Å². The van der Waals surface area contributed by atoms with E-state index in [4.69, 9.17) is 0 Å². The molecular weight excluding hydrogens is 282 g/mol. The second-order valence-electron chi connectivity index (χ2n) is 6.53. The van der Waals surface area contributed by atoms with Crippen molar-refractivity contribution in [3.05, 3.63) is 71.8 Å². The molecule has 2 aromatic carbocycles. The highest BCUT2D eigenvalue weighted by Gasteiger charge is 2.43. The largest absolute Gasteiger partial charge is 0.345 e. The zero-order chi connectivity index (χ0) is 16.1. The summed E-state index contributed by atoms with van der Waals surface area (Å²) in [5, 5.41) is 3.28. The summed E-state index contributed by atoms with van der Waals surface area (Å²) in [6, 6.07) is 20.0. The van der Waals surface area contributed by atoms with Crippen LogP contribution in [-0.2, 0) is 0 Å². The van der Waals surface area contributed by atoms with Crippen LogP contribution >= 0.6 is 0 Å². The average Bonchev–Trinajstić information content (AvgIpc) is 3.38. The topological polar surface area (TPSA) is 29.1 Å². The Balaban J connectivity index is 1.73. The molecule has 1 saturated carbocycles. The summed E-state index contributed by atoms with van der Waals surface area (Å²) in [4.78, 5) is 12.6. The van der Waals surface area contributed by atoms with Crippen molar-refractivity contribution in [1.29, 1.82) is 0 Å². The molecule has 2 aromatic rings. The molecule has 0 bridgehead atoms. The zero-order valence-corrected chi connectivity index (χ0v) is 13.7. The van der Waals surface area contributed by atoms with Crippen molar-refractivity contribution in [3.8, 4) is 0 Å². The summed E-state index contributed by atoms with van der Waals surface area (Å²) in [5.74, 6) is 1.37. The summed E-state index contributed by atoms with van der Waals surface area (Å²) < 4.78 is 0. The van der Waals surface area contributed by atoms with Gasteiger partial charge in [0.2, 0.25) is 0 Å². The third kappa shape index (κ3) is 4.01. The number of carbonyl (C=O) groups is 1. The van der Waals surface area contributed by atoms with Gasteiger partial charge in [0, 0.05) is 5.56 Å². The van der Waals surface area contributed by atoms with Crippen molar-refractivity contribution in [2.75, 3.05) is 0 Å². The lowest BCUT2D eigenvalue weighted by Crippen LogP contribution is -2.30. The number of hydrogen-bond donors (Lipinski definition) is 1. The standard InChI is InChI=1S/C21H25NO/c1-2-3-10-18-15-19(18)20(16-11-6-4-7-12-16)22-21(23)17-13-8-5-9-14-17/h4-9,11-14,18-20H,2-3,10,15H2,1H3,(H,22,23)/t18-,19-,20+/m1/s1. The first-order valence-electron chi connectivity index (χ1n) is 8.70. The lowest BCUT2D eigenvalue weighted by atomic mass is 9.99. The molecule has 0 spiro atoms. The molecule has 1 aliphatic carbocycles. The van der Waals surface area contributed by atoms with Gasteiger partial charge in [-0.15, -0.1) is 0 Å². The number of carbonyl (C=O) groups excluding carboxylic acids is 1. The van der Waals surface area contributed by atoms with Gasteiger partial charge in [-0.1, -0.05) is 74.7 Å². The first-order valence-corrected chi connectivity index (χ1v) is 8.70. The molecule has 0 aliphatic heterocycles. The highest BCUT2D eigenvalue weighted by atomic mass is 16.1. The van der Waals surface area contributed by atoms with Crippen molar-refractivity contribution in [2.24, 2.45) is 11.8 Å². The third-order valence-electron chi connectivity index (χ3n) is 4.82. The Kier molecular flexibility index (Phi) is 5.12. The number of benzene rings is 2. The summed E-state index contributed by atoms with van der Waals surface area (Å²) >= 11 is 0. The molecule has 0 unspecified atom stereocenters. The number of unbranched alkanes of at least 4 members (excludes halogenated alkanes) is 1. The van der Waals surface area contributed by atoms with Gasteiger partial charge >= 0.3 is 0 Å². The first-order chi connectivity index (χ1) is 11.3. The Labute approximate surface area is 138 Å². The Morgan fingerprint density at radius 1 is 1.09 bits per heavy atom. The third-order valence-corrected chi connectivity index (χ3v) is 4.82. The highest BCUT2D eigenvalue weighted by molar-refractivity contribution is 5.94. The summed E-state index contributed by atoms with van der Waals surface area (Å²) in [5.41, 5.74) is 1.96. The van der Waals surface area contributed by atoms with E-state index in [1.807, 2.05) is 36.4 Å². The van der Waals surface area contributed by atoms with Crippen molar-refractivity contribution >= 4 is 5.91 Å². The molecule has 3 rings (SSSR count). The Hall–Kier alpha value is -2.09. The molecule has 120 valence electrons. The van der Waals surface area contributed by atoms with E-state index in [-0.39, 0.29) is 11.9 Å². The van der Waals surface area contributed by atoms with Gasteiger partial charge in [0.05, 0.1) is 6.04 Å². The van der Waals surface area contributed by atoms with Crippen LogP contribution in [0.3, 0.4) is 0 Å². The SMILES string of the molecule is CCCC[C@@H]1C[C@H]1[C@@H](NC(=O)c1ccccc1)c1ccccc1. The van der Waals surface area contributed by atoms with E-state index in [0.29, 0.717) is 5.92 Å². The van der Waals surface area contributed by atoms with Crippen LogP contribution in [0.25, 0.3) is 0 Å². The van der Waals surface area contributed by atoms with Gasteiger partial charge in [-0.3, -0.25) is 4.79 Å². The van der Waals surface area contributed by atoms with Crippen LogP contribution in [0, 0.1) is 11.8 Å². The van der Waals surface area contributed by atoms with Gasteiger partial charge in [0.15, 0.2) is 0 Å². The normalized spacial score (nSPS) is 20.7. The monoisotopic (exact) mass is 307 g/mol. The molecule has 1 amide bonds. The number of nitrogens with one attached hydrogen (secondary N) is 1. The second-order valence-corrected chi connectivity index (χ2v) is 6.53. The smallest absolute Gasteiger partial charge is 0.251 e. The Morgan fingerprint density at radius 2 is 1.74 bits per heavy atom. The molecule has 0 radical (unpaired) electrons. The molecule has 1 aliphatic rings. The van der Waals surface area contributed by atoms with Crippen molar-refractivity contribution in [3.63, 3.8) is 0 Å². The predicted molar refractivity (Wildman–Crippen MR) is 94.2 cm³/mol. The van der Waals surface area contributed by atoms with Gasteiger partial charge in [0.1, 0.15) is 0 Å². The van der Waals surface area contributed by atoms with Crippen LogP contribution < -0.4 is 5.32 Å². The average molecular weight is 307 g/mol. The fourth-order valence-electron chi connectivity index (χ4n) is 3.39. The van der Waals surface area contributed by atoms with E-state index in [1.165, 1.54) is 31.2 Å². The number of hydrogen-bond acceptors (Lipinski definition) is 1. The number of amides is 1. The molecule has 0 saturated heterocycles. The van der Waals surface area contributed by atoms with Crippen molar-refractivity contribution in [1.82, 2.24) is 5.32 Å². The van der Waals surface area contributed by atoms with Crippen LogP contribution in [0.1, 0.15) is 54.6 Å². The molecule has 1 fully saturated rings. The van der Waals surface area contributed by atoms with E-state index in [0.717, 1.165) is 11.5 Å². The van der Waals surface area contributed by atoms with Crippen LogP contribution in [0.15, 0.2) is 60.7 Å². The van der Waals surface area contributed by atoms with Crippen LogP contribution in [-0.4, -0.2) is 5.91 Å². The van der Waals surface area contributed by atoms with Crippen LogP contribution in [0.4, 0.5) is 0 Å². The molecule has 2 nitrogen and oxygen atoms in total. The van der Waals surface area contributed by atoms with E-state index >= 15 is 0 Å². The minimum Gasteiger partial charge on any atom is -0.345 e. The summed E-state index contributed by atoms with van der Waals surface area (Å²) in [6.07, 6.45) is 5.05. The minimum atomic E-state index is 0.0283. The number of rotatable bonds is 7. The summed E-state index contributed by atoms with van der Waals surface area (Å²) in [6.45, 7) is 2.24. The van der Waals surface area contributed by atoms with E-state index in [2.05, 4.69) is 36.5 Å². The Bertz CT molecular complexity index is 623. The molecule has 3 atom stereocenters. The van der Waals surface area contributed by atoms with Gasteiger partial charge in [-0.2, -0.15) is 0 Å². The summed E-state index contributed by atoms with van der Waals surface area (Å²) in [7, 11) is 0. The fourth-order valence-corrected chi connectivity index (χ4v) is 3.39. The van der Waals surface area contributed by atoms with Crippen molar-refractivity contribution < 1.29 is 4.79 Å². The lowest BCUT2D eigenvalue weighted by molar-refractivity contribution is 0.0930. The van der Waals surface area contributed by atoms with E-state index in [9.17, 15) is 4.79 Å². The van der Waals surface area contributed by atoms with E-state index < -0.39 is 0 Å². The molecule has 23 heavy (non-hydrogen) atoms. The lowest BCUT2D eigenvalue weighted by Gasteiger charge is -2.20.